The maximum atomic E-state index is 12.7. The van der Waals surface area contributed by atoms with Crippen molar-refractivity contribution in [3.05, 3.63) is 35.4 Å². The van der Waals surface area contributed by atoms with E-state index in [1.807, 2.05) is 11.8 Å². The van der Waals surface area contributed by atoms with Crippen LogP contribution in [-0.4, -0.2) is 41.4 Å². The summed E-state index contributed by atoms with van der Waals surface area (Å²) in [6.07, 6.45) is 6.86. The van der Waals surface area contributed by atoms with Crippen molar-refractivity contribution in [2.75, 3.05) is 24.6 Å². The van der Waals surface area contributed by atoms with Crippen molar-refractivity contribution in [2.45, 2.75) is 50.6 Å². The van der Waals surface area contributed by atoms with Crippen LogP contribution in [0.4, 0.5) is 0 Å². The molecule has 0 unspecified atom stereocenters. The molecule has 3 aliphatic rings. The summed E-state index contributed by atoms with van der Waals surface area (Å²) in [7, 11) is 0. The lowest BCUT2D eigenvalue weighted by atomic mass is 9.84. The Balaban J connectivity index is 1.28. The molecular formula is C20H28N2OS. The van der Waals surface area contributed by atoms with Crippen LogP contribution in [0.2, 0.25) is 0 Å². The van der Waals surface area contributed by atoms with Crippen LogP contribution in [0.15, 0.2) is 24.3 Å². The van der Waals surface area contributed by atoms with Gasteiger partial charge in [-0.25, -0.2) is 0 Å². The van der Waals surface area contributed by atoms with Crippen molar-refractivity contribution in [2.24, 2.45) is 5.92 Å². The van der Waals surface area contributed by atoms with Crippen molar-refractivity contribution in [3.63, 3.8) is 0 Å². The zero-order chi connectivity index (χ0) is 16.4. The standard InChI is InChI=1S/C20H28N2OS/c23-20(22-11-13-24-14-12-22)16-5-8-17(9-6-16)21-19-10-7-15-3-1-2-4-18(15)19/h1-4,16-17,19,21H,5-14H2/t16?,17?,19-/m0/s1. The topological polar surface area (TPSA) is 32.3 Å². The van der Waals surface area contributed by atoms with Crippen molar-refractivity contribution < 1.29 is 4.79 Å². The Morgan fingerprint density at radius 2 is 1.79 bits per heavy atom. The molecule has 4 heteroatoms. The van der Waals surface area contributed by atoms with Crippen molar-refractivity contribution >= 4 is 17.7 Å². The summed E-state index contributed by atoms with van der Waals surface area (Å²) < 4.78 is 0. The number of amides is 1. The molecule has 1 amide bonds. The van der Waals surface area contributed by atoms with Gasteiger partial charge in [0.25, 0.3) is 0 Å². The first-order valence-corrected chi connectivity index (χ1v) is 10.7. The number of carbonyl (C=O) groups is 1. The van der Waals surface area contributed by atoms with E-state index in [0.717, 1.165) is 50.3 Å². The van der Waals surface area contributed by atoms with E-state index in [0.29, 0.717) is 18.0 Å². The molecule has 1 aliphatic heterocycles. The summed E-state index contributed by atoms with van der Waals surface area (Å²) in [5, 5.41) is 3.88. The second-order valence-electron chi connectivity index (χ2n) is 7.44. The minimum Gasteiger partial charge on any atom is -0.341 e. The highest BCUT2D eigenvalue weighted by Gasteiger charge is 2.32. The zero-order valence-corrected chi connectivity index (χ0v) is 15.2. The van der Waals surface area contributed by atoms with Gasteiger partial charge in [-0.3, -0.25) is 4.79 Å². The van der Waals surface area contributed by atoms with E-state index in [9.17, 15) is 4.79 Å². The largest absolute Gasteiger partial charge is 0.341 e. The Kier molecular flexibility index (Phi) is 5.14. The molecule has 1 saturated carbocycles. The molecule has 0 spiro atoms. The van der Waals surface area contributed by atoms with Crippen LogP contribution in [0, 0.1) is 5.92 Å². The van der Waals surface area contributed by atoms with Gasteiger partial charge in [0.1, 0.15) is 0 Å². The molecular weight excluding hydrogens is 316 g/mol. The maximum absolute atomic E-state index is 12.7. The highest BCUT2D eigenvalue weighted by molar-refractivity contribution is 7.99. The Morgan fingerprint density at radius 1 is 1.04 bits per heavy atom. The van der Waals surface area contributed by atoms with Crippen LogP contribution in [0.25, 0.3) is 0 Å². The summed E-state index contributed by atoms with van der Waals surface area (Å²) in [5.74, 6) is 2.94. The second-order valence-corrected chi connectivity index (χ2v) is 8.67. The predicted octanol–water partition coefficient (Wildman–Crippen LogP) is 3.40. The number of benzene rings is 1. The molecule has 3 nitrogen and oxygen atoms in total. The average Bonchev–Trinajstić information content (AvgIpc) is 3.06. The van der Waals surface area contributed by atoms with Gasteiger partial charge >= 0.3 is 0 Å². The molecule has 1 heterocycles. The number of nitrogens with one attached hydrogen (secondary N) is 1. The number of fused-ring (bicyclic) bond motifs is 1. The van der Waals surface area contributed by atoms with E-state index in [1.54, 1.807) is 0 Å². The Labute approximate surface area is 149 Å². The molecule has 4 rings (SSSR count). The lowest BCUT2D eigenvalue weighted by Crippen LogP contribution is -2.44. The van der Waals surface area contributed by atoms with E-state index >= 15 is 0 Å². The van der Waals surface area contributed by atoms with Crippen molar-refractivity contribution in [1.29, 1.82) is 0 Å². The molecule has 0 aromatic heterocycles. The van der Waals surface area contributed by atoms with Gasteiger partial charge in [-0.15, -0.1) is 0 Å². The quantitative estimate of drug-likeness (QED) is 0.912. The van der Waals surface area contributed by atoms with Gasteiger partial charge in [0.05, 0.1) is 0 Å². The number of hydrogen-bond acceptors (Lipinski definition) is 3. The molecule has 1 saturated heterocycles. The van der Waals surface area contributed by atoms with Crippen molar-refractivity contribution in [3.8, 4) is 0 Å². The van der Waals surface area contributed by atoms with Crippen LogP contribution in [0.5, 0.6) is 0 Å². The van der Waals surface area contributed by atoms with Gasteiger partial charge in [-0.2, -0.15) is 11.8 Å². The van der Waals surface area contributed by atoms with Crippen LogP contribution in [0.3, 0.4) is 0 Å². The Hall–Kier alpha value is -1.000. The molecule has 2 aliphatic carbocycles. The molecule has 0 radical (unpaired) electrons. The molecule has 0 bridgehead atoms. The van der Waals surface area contributed by atoms with Gasteiger partial charge in [0.15, 0.2) is 0 Å². The number of nitrogens with zero attached hydrogens (tertiary/aromatic N) is 1. The van der Waals surface area contributed by atoms with E-state index in [4.69, 9.17) is 0 Å². The molecule has 24 heavy (non-hydrogen) atoms. The van der Waals surface area contributed by atoms with Gasteiger partial charge in [-0.05, 0) is 49.7 Å². The summed E-state index contributed by atoms with van der Waals surface area (Å²) in [6, 6.07) is 9.97. The summed E-state index contributed by atoms with van der Waals surface area (Å²) in [6.45, 7) is 1.92. The highest BCUT2D eigenvalue weighted by atomic mass is 32.2. The lowest BCUT2D eigenvalue weighted by molar-refractivity contribution is -0.136. The van der Waals surface area contributed by atoms with Gasteiger partial charge < -0.3 is 10.2 Å². The smallest absolute Gasteiger partial charge is 0.225 e. The number of aryl methyl sites for hydroxylation is 1. The fourth-order valence-corrected chi connectivity index (χ4v) is 5.47. The van der Waals surface area contributed by atoms with Crippen LogP contribution >= 0.6 is 11.8 Å². The normalized spacial score (nSPS) is 30.2. The first kappa shape index (κ1) is 16.5. The lowest BCUT2D eigenvalue weighted by Gasteiger charge is -2.35. The Morgan fingerprint density at radius 3 is 2.58 bits per heavy atom. The zero-order valence-electron chi connectivity index (χ0n) is 14.4. The van der Waals surface area contributed by atoms with Crippen LogP contribution in [0.1, 0.15) is 49.3 Å². The summed E-state index contributed by atoms with van der Waals surface area (Å²) in [5.41, 5.74) is 3.02. The first-order valence-electron chi connectivity index (χ1n) is 9.51. The van der Waals surface area contributed by atoms with E-state index < -0.39 is 0 Å². The monoisotopic (exact) mass is 344 g/mol. The average molecular weight is 345 g/mol. The van der Waals surface area contributed by atoms with Crippen molar-refractivity contribution in [1.82, 2.24) is 10.2 Å². The molecule has 1 N–H and O–H groups in total. The summed E-state index contributed by atoms with van der Waals surface area (Å²) >= 11 is 1.97. The van der Waals surface area contributed by atoms with Crippen LogP contribution in [-0.2, 0) is 11.2 Å². The minimum atomic E-state index is 0.280. The molecule has 130 valence electrons. The van der Waals surface area contributed by atoms with Gasteiger partial charge in [0.2, 0.25) is 5.91 Å². The maximum Gasteiger partial charge on any atom is 0.225 e. The third kappa shape index (κ3) is 3.50. The SMILES string of the molecule is O=C(C1CCC(N[C@H]2CCc3ccccc32)CC1)N1CCSCC1. The second kappa shape index (κ2) is 7.49. The van der Waals surface area contributed by atoms with Gasteiger partial charge in [-0.1, -0.05) is 24.3 Å². The molecule has 1 aromatic rings. The van der Waals surface area contributed by atoms with E-state index in [2.05, 4.69) is 34.5 Å². The first-order chi connectivity index (χ1) is 11.8. The predicted molar refractivity (Wildman–Crippen MR) is 100 cm³/mol. The third-order valence-corrected chi connectivity index (χ3v) is 6.91. The molecule has 1 aromatic carbocycles. The highest BCUT2D eigenvalue weighted by Crippen LogP contribution is 2.34. The van der Waals surface area contributed by atoms with Crippen LogP contribution < -0.4 is 5.32 Å². The summed E-state index contributed by atoms with van der Waals surface area (Å²) in [4.78, 5) is 14.8. The fourth-order valence-electron chi connectivity index (χ4n) is 4.56. The third-order valence-electron chi connectivity index (χ3n) is 5.97. The fraction of sp³-hybridized carbons (Fsp3) is 0.650. The minimum absolute atomic E-state index is 0.280. The van der Waals surface area contributed by atoms with E-state index in [1.165, 1.54) is 24.0 Å². The number of carbonyl (C=O) groups excluding carboxylic acids is 1. The molecule has 1 atom stereocenters. The number of rotatable bonds is 3. The number of thioether (sulfide) groups is 1. The number of hydrogen-bond donors (Lipinski definition) is 1. The molecule has 2 fully saturated rings. The van der Waals surface area contributed by atoms with E-state index in [-0.39, 0.29) is 5.92 Å². The Bertz CT molecular complexity index is 577. The van der Waals surface area contributed by atoms with Gasteiger partial charge in [0, 0.05) is 42.6 Å².